The molecule has 0 heterocycles. The molecule has 0 bridgehead atoms. The van der Waals surface area contributed by atoms with Gasteiger partial charge in [-0.25, -0.2) is 0 Å². The molecular weight excluding hydrogens is 216 g/mol. The fourth-order valence-electron chi connectivity index (χ4n) is 1.38. The van der Waals surface area contributed by atoms with Gasteiger partial charge in [-0.1, -0.05) is 24.8 Å². The molecule has 3 heteroatoms. The lowest BCUT2D eigenvalue weighted by atomic mass is 10.1. The first kappa shape index (κ1) is 12.7. The average Bonchev–Trinajstić information content (AvgIpc) is 2.16. The van der Waals surface area contributed by atoms with Gasteiger partial charge in [-0.3, -0.25) is 0 Å². The van der Waals surface area contributed by atoms with Crippen LogP contribution in [0.15, 0.2) is 30.8 Å². The van der Waals surface area contributed by atoms with Crippen LogP contribution in [0, 0.1) is 0 Å². The van der Waals surface area contributed by atoms with E-state index in [1.165, 1.54) is 0 Å². The number of benzene rings is 1. The van der Waals surface area contributed by atoms with Gasteiger partial charge in [-0.15, -0.1) is 0 Å². The van der Waals surface area contributed by atoms with Crippen molar-refractivity contribution in [3.63, 3.8) is 0 Å². The molecule has 0 radical (unpaired) electrons. The Kier molecular flexibility index (Phi) is 4.50. The number of hydrogen-bond acceptors (Lipinski definition) is 1. The first-order chi connectivity index (χ1) is 7.50. The second-order valence-corrected chi connectivity index (χ2v) is 4.49. The van der Waals surface area contributed by atoms with Gasteiger partial charge >= 0.3 is 0 Å². The SMILES string of the molecule is C=C(C)c1ccccc1NC(=S)NC(C)C. The van der Waals surface area contributed by atoms with Crippen LogP contribution in [-0.4, -0.2) is 11.2 Å². The molecule has 16 heavy (non-hydrogen) atoms. The standard InChI is InChI=1S/C13H18N2S/c1-9(2)11-7-5-6-8-12(11)15-13(16)14-10(3)4/h5-8,10H,1H2,2-4H3,(H2,14,15,16). The molecule has 86 valence electrons. The van der Waals surface area contributed by atoms with Gasteiger partial charge in [0.2, 0.25) is 0 Å². The van der Waals surface area contributed by atoms with E-state index in [9.17, 15) is 0 Å². The van der Waals surface area contributed by atoms with E-state index < -0.39 is 0 Å². The van der Waals surface area contributed by atoms with E-state index in [2.05, 4.69) is 31.1 Å². The molecule has 2 nitrogen and oxygen atoms in total. The summed E-state index contributed by atoms with van der Waals surface area (Å²) in [5, 5.41) is 6.97. The van der Waals surface area contributed by atoms with Crippen LogP contribution in [0.4, 0.5) is 5.69 Å². The van der Waals surface area contributed by atoms with Crippen molar-refractivity contribution < 1.29 is 0 Å². The van der Waals surface area contributed by atoms with Crippen molar-refractivity contribution in [2.45, 2.75) is 26.8 Å². The molecule has 0 spiro atoms. The zero-order chi connectivity index (χ0) is 12.1. The highest BCUT2D eigenvalue weighted by atomic mass is 32.1. The Morgan fingerprint density at radius 1 is 1.31 bits per heavy atom. The predicted molar refractivity (Wildman–Crippen MR) is 75.6 cm³/mol. The van der Waals surface area contributed by atoms with Gasteiger partial charge in [0.25, 0.3) is 0 Å². The van der Waals surface area contributed by atoms with Crippen molar-refractivity contribution >= 4 is 28.6 Å². The van der Waals surface area contributed by atoms with E-state index in [0.29, 0.717) is 11.2 Å². The number of hydrogen-bond donors (Lipinski definition) is 2. The molecule has 0 aliphatic heterocycles. The Hall–Kier alpha value is -1.35. The fraction of sp³-hybridized carbons (Fsp3) is 0.308. The smallest absolute Gasteiger partial charge is 0.170 e. The van der Waals surface area contributed by atoms with Crippen LogP contribution in [0.1, 0.15) is 26.3 Å². The van der Waals surface area contributed by atoms with Crippen LogP contribution in [0.5, 0.6) is 0 Å². The fourth-order valence-corrected chi connectivity index (χ4v) is 1.73. The van der Waals surface area contributed by atoms with Crippen LogP contribution in [0.3, 0.4) is 0 Å². The summed E-state index contributed by atoms with van der Waals surface area (Å²) in [6, 6.07) is 8.33. The zero-order valence-corrected chi connectivity index (χ0v) is 10.8. The first-order valence-electron chi connectivity index (χ1n) is 5.33. The van der Waals surface area contributed by atoms with Crippen molar-refractivity contribution in [3.05, 3.63) is 36.4 Å². The van der Waals surface area contributed by atoms with Crippen LogP contribution in [0.2, 0.25) is 0 Å². The van der Waals surface area contributed by atoms with Crippen molar-refractivity contribution in [2.24, 2.45) is 0 Å². The first-order valence-corrected chi connectivity index (χ1v) is 5.74. The van der Waals surface area contributed by atoms with E-state index in [4.69, 9.17) is 12.2 Å². The van der Waals surface area contributed by atoms with E-state index in [1.807, 2.05) is 31.2 Å². The molecule has 0 saturated carbocycles. The van der Waals surface area contributed by atoms with Gasteiger partial charge in [0.05, 0.1) is 0 Å². The summed E-state index contributed by atoms with van der Waals surface area (Å²) >= 11 is 5.21. The maximum atomic E-state index is 5.21. The number of para-hydroxylation sites is 1. The zero-order valence-electron chi connectivity index (χ0n) is 10.0. The number of anilines is 1. The largest absolute Gasteiger partial charge is 0.360 e. The minimum atomic E-state index is 0.331. The minimum Gasteiger partial charge on any atom is -0.360 e. The maximum Gasteiger partial charge on any atom is 0.170 e. The van der Waals surface area contributed by atoms with Gasteiger partial charge in [0, 0.05) is 17.3 Å². The van der Waals surface area contributed by atoms with Crippen LogP contribution in [-0.2, 0) is 0 Å². The van der Waals surface area contributed by atoms with Crippen molar-refractivity contribution in [1.82, 2.24) is 5.32 Å². The highest BCUT2D eigenvalue weighted by molar-refractivity contribution is 7.80. The van der Waals surface area contributed by atoms with Gasteiger partial charge in [-0.2, -0.15) is 0 Å². The third-order valence-electron chi connectivity index (χ3n) is 2.05. The maximum absolute atomic E-state index is 5.21. The Labute approximate surface area is 103 Å². The molecule has 0 aliphatic rings. The predicted octanol–water partition coefficient (Wildman–Crippen LogP) is 3.41. The average molecular weight is 234 g/mol. The lowest BCUT2D eigenvalue weighted by molar-refractivity contribution is 0.739. The number of thiocarbonyl (C=S) groups is 1. The molecule has 0 aliphatic carbocycles. The third kappa shape index (κ3) is 3.66. The van der Waals surface area contributed by atoms with Gasteiger partial charge in [-0.05, 0) is 44.6 Å². The van der Waals surface area contributed by atoms with Gasteiger partial charge in [0.15, 0.2) is 5.11 Å². The molecule has 0 amide bonds. The molecule has 0 unspecified atom stereocenters. The summed E-state index contributed by atoms with van der Waals surface area (Å²) in [5.74, 6) is 0. The van der Waals surface area contributed by atoms with E-state index in [-0.39, 0.29) is 0 Å². The second kappa shape index (κ2) is 5.66. The summed E-state index contributed by atoms with van der Waals surface area (Å²) < 4.78 is 0. The normalized spacial score (nSPS) is 10.0. The molecule has 2 N–H and O–H groups in total. The number of allylic oxidation sites excluding steroid dienone is 1. The molecule has 0 aromatic heterocycles. The Morgan fingerprint density at radius 3 is 2.50 bits per heavy atom. The quantitative estimate of drug-likeness (QED) is 0.784. The highest BCUT2D eigenvalue weighted by Crippen LogP contribution is 2.21. The second-order valence-electron chi connectivity index (χ2n) is 4.08. The van der Waals surface area contributed by atoms with Crippen LogP contribution >= 0.6 is 12.2 Å². The molecule has 1 aromatic carbocycles. The highest BCUT2D eigenvalue weighted by Gasteiger charge is 2.04. The van der Waals surface area contributed by atoms with E-state index >= 15 is 0 Å². The Balaban J connectivity index is 2.81. The molecule has 0 saturated heterocycles. The lowest BCUT2D eigenvalue weighted by Gasteiger charge is -2.15. The third-order valence-corrected chi connectivity index (χ3v) is 2.27. The van der Waals surface area contributed by atoms with Crippen molar-refractivity contribution in [1.29, 1.82) is 0 Å². The monoisotopic (exact) mass is 234 g/mol. The summed E-state index contributed by atoms with van der Waals surface area (Å²) in [6.45, 7) is 10.0. The topological polar surface area (TPSA) is 24.1 Å². The molecule has 0 fully saturated rings. The number of nitrogens with one attached hydrogen (secondary N) is 2. The Morgan fingerprint density at radius 2 is 1.94 bits per heavy atom. The minimum absolute atomic E-state index is 0.331. The molecule has 1 aromatic rings. The number of rotatable bonds is 3. The van der Waals surface area contributed by atoms with Crippen molar-refractivity contribution in [2.75, 3.05) is 5.32 Å². The summed E-state index contributed by atoms with van der Waals surface area (Å²) in [7, 11) is 0. The van der Waals surface area contributed by atoms with Crippen LogP contribution < -0.4 is 10.6 Å². The molecule has 0 atom stereocenters. The van der Waals surface area contributed by atoms with Gasteiger partial charge < -0.3 is 10.6 Å². The molecular formula is C13H18N2S. The van der Waals surface area contributed by atoms with Crippen molar-refractivity contribution in [3.8, 4) is 0 Å². The van der Waals surface area contributed by atoms with Crippen LogP contribution in [0.25, 0.3) is 5.57 Å². The lowest BCUT2D eigenvalue weighted by Crippen LogP contribution is -2.34. The molecule has 1 rings (SSSR count). The summed E-state index contributed by atoms with van der Waals surface area (Å²) in [5.41, 5.74) is 3.11. The van der Waals surface area contributed by atoms with E-state index in [1.54, 1.807) is 0 Å². The summed E-state index contributed by atoms with van der Waals surface area (Å²) in [4.78, 5) is 0. The Bertz CT molecular complexity index is 397. The van der Waals surface area contributed by atoms with Gasteiger partial charge in [0.1, 0.15) is 0 Å². The van der Waals surface area contributed by atoms with E-state index in [0.717, 1.165) is 16.8 Å². The summed E-state index contributed by atoms with van der Waals surface area (Å²) in [6.07, 6.45) is 0.